The molecule has 6 nitrogen and oxygen atoms in total. The van der Waals surface area contributed by atoms with Crippen LogP contribution in [0.3, 0.4) is 0 Å². The van der Waals surface area contributed by atoms with Gasteiger partial charge in [-0.1, -0.05) is 29.6 Å². The molecule has 0 aromatic carbocycles. The number of H-pyrrole nitrogens is 1. The maximum atomic E-state index is 12.2. The predicted octanol–water partition coefficient (Wildman–Crippen LogP) is 3.85. The first-order chi connectivity index (χ1) is 11.6. The van der Waals surface area contributed by atoms with Crippen molar-refractivity contribution in [1.29, 1.82) is 0 Å². The second-order valence-corrected chi connectivity index (χ2v) is 7.09. The molecule has 0 saturated heterocycles. The number of rotatable bonds is 6. The number of nitrogens with one attached hydrogen (secondary N) is 2. The Morgan fingerprint density at radius 1 is 1.67 bits per heavy atom. The number of nitrogens with zero attached hydrogens (tertiary/aromatic N) is 3. The minimum Gasteiger partial charge on any atom is -0.302 e. The molecule has 24 heavy (non-hydrogen) atoms. The van der Waals surface area contributed by atoms with Crippen molar-refractivity contribution in [2.45, 2.75) is 32.7 Å². The highest BCUT2D eigenvalue weighted by molar-refractivity contribution is 7.71. The van der Waals surface area contributed by atoms with Gasteiger partial charge < -0.3 is 5.32 Å². The molecule has 2 aromatic heterocycles. The molecule has 2 aromatic rings. The van der Waals surface area contributed by atoms with E-state index in [2.05, 4.69) is 39.2 Å². The number of carbonyl (C=O) groups excluding carboxylic acids is 1. The zero-order valence-corrected chi connectivity index (χ0v) is 15.0. The zero-order valence-electron chi connectivity index (χ0n) is 13.4. The Morgan fingerprint density at radius 2 is 2.50 bits per heavy atom. The van der Waals surface area contributed by atoms with E-state index in [1.165, 1.54) is 11.3 Å². The van der Waals surface area contributed by atoms with Gasteiger partial charge in [0.25, 0.3) is 0 Å². The number of amides is 1. The molecule has 8 heteroatoms. The molecule has 126 valence electrons. The van der Waals surface area contributed by atoms with Crippen molar-refractivity contribution in [1.82, 2.24) is 19.7 Å². The maximum Gasteiger partial charge on any atom is 0.226 e. The van der Waals surface area contributed by atoms with Crippen LogP contribution in [-0.2, 0) is 11.3 Å². The van der Waals surface area contributed by atoms with Crippen molar-refractivity contribution in [2.24, 2.45) is 5.92 Å². The fourth-order valence-corrected chi connectivity index (χ4v) is 3.91. The lowest BCUT2D eigenvalue weighted by atomic mass is 10.1. The number of carbonyl (C=O) groups is 1. The number of hydrogen-bond acceptors (Lipinski definition) is 5. The Kier molecular flexibility index (Phi) is 5.06. The minimum atomic E-state index is -0.00296. The summed E-state index contributed by atoms with van der Waals surface area (Å²) in [6, 6.07) is 0. The molecule has 0 spiro atoms. The fraction of sp³-hybridized carbons (Fsp3) is 0.375. The van der Waals surface area contributed by atoms with Crippen LogP contribution in [0.5, 0.6) is 0 Å². The SMILES string of the molecule is C=CCn1c(-c2sc(NC(=O)CC3C=CCC3)nc2C)n[nH]c1=S. The zero-order chi connectivity index (χ0) is 17.1. The van der Waals surface area contributed by atoms with Crippen molar-refractivity contribution >= 4 is 34.6 Å². The summed E-state index contributed by atoms with van der Waals surface area (Å²) in [6.45, 7) is 6.21. The molecular formula is C16H19N5OS2. The first-order valence-corrected chi connectivity index (χ1v) is 9.01. The molecule has 0 aliphatic heterocycles. The monoisotopic (exact) mass is 361 g/mol. The highest BCUT2D eigenvalue weighted by Gasteiger charge is 2.19. The molecule has 0 bridgehead atoms. The number of aromatic amines is 1. The van der Waals surface area contributed by atoms with Crippen LogP contribution in [0.25, 0.3) is 10.7 Å². The van der Waals surface area contributed by atoms with Crippen LogP contribution in [0.1, 0.15) is 25.0 Å². The smallest absolute Gasteiger partial charge is 0.226 e. The number of aromatic nitrogens is 4. The number of aryl methyl sites for hydroxylation is 1. The average Bonchev–Trinajstić information content (AvgIpc) is 3.23. The second-order valence-electron chi connectivity index (χ2n) is 5.70. The number of anilines is 1. The lowest BCUT2D eigenvalue weighted by molar-refractivity contribution is -0.116. The summed E-state index contributed by atoms with van der Waals surface area (Å²) in [5, 5.41) is 10.6. The molecule has 2 N–H and O–H groups in total. The molecule has 3 rings (SSSR count). The van der Waals surface area contributed by atoms with Crippen molar-refractivity contribution in [2.75, 3.05) is 5.32 Å². The molecular weight excluding hydrogens is 342 g/mol. The third-order valence-electron chi connectivity index (χ3n) is 3.88. The number of hydrogen-bond donors (Lipinski definition) is 2. The van der Waals surface area contributed by atoms with Gasteiger partial charge in [0.15, 0.2) is 15.7 Å². The molecule has 0 radical (unpaired) electrons. The highest BCUT2D eigenvalue weighted by atomic mass is 32.1. The summed E-state index contributed by atoms with van der Waals surface area (Å²) in [6.07, 6.45) is 8.62. The van der Waals surface area contributed by atoms with Crippen LogP contribution in [-0.4, -0.2) is 25.7 Å². The van der Waals surface area contributed by atoms with E-state index >= 15 is 0 Å². The van der Waals surface area contributed by atoms with Crippen LogP contribution < -0.4 is 5.32 Å². The van der Waals surface area contributed by atoms with E-state index in [0.717, 1.165) is 23.4 Å². The van der Waals surface area contributed by atoms with Gasteiger partial charge in [0.05, 0.1) is 10.6 Å². The molecule has 1 unspecified atom stereocenters. The van der Waals surface area contributed by atoms with Gasteiger partial charge in [-0.15, -0.1) is 6.58 Å². The van der Waals surface area contributed by atoms with Crippen LogP contribution >= 0.6 is 23.6 Å². The first kappa shape index (κ1) is 16.8. The molecule has 1 aliphatic rings. The van der Waals surface area contributed by atoms with E-state index in [1.54, 1.807) is 6.08 Å². The highest BCUT2D eigenvalue weighted by Crippen LogP contribution is 2.32. The van der Waals surface area contributed by atoms with E-state index in [4.69, 9.17) is 12.2 Å². The van der Waals surface area contributed by atoms with E-state index in [1.807, 2.05) is 11.5 Å². The summed E-state index contributed by atoms with van der Waals surface area (Å²) in [7, 11) is 0. The topological polar surface area (TPSA) is 75.6 Å². The molecule has 1 atom stereocenters. The summed E-state index contributed by atoms with van der Waals surface area (Å²) in [5.41, 5.74) is 0.815. The second kappa shape index (κ2) is 7.23. The van der Waals surface area contributed by atoms with Crippen LogP contribution in [0.4, 0.5) is 5.13 Å². The van der Waals surface area contributed by atoms with Crippen molar-refractivity contribution in [3.05, 3.63) is 35.3 Å². The van der Waals surface area contributed by atoms with Gasteiger partial charge in [-0.25, -0.2) is 4.98 Å². The summed E-state index contributed by atoms with van der Waals surface area (Å²) < 4.78 is 2.40. The van der Waals surface area contributed by atoms with Crippen molar-refractivity contribution in [3.63, 3.8) is 0 Å². The summed E-state index contributed by atoms with van der Waals surface area (Å²) in [4.78, 5) is 17.5. The van der Waals surface area contributed by atoms with Gasteiger partial charge >= 0.3 is 0 Å². The fourth-order valence-electron chi connectivity index (χ4n) is 2.72. The number of thiazole rings is 1. The molecule has 1 amide bonds. The average molecular weight is 361 g/mol. The van der Waals surface area contributed by atoms with Gasteiger partial charge in [0.2, 0.25) is 5.91 Å². The number of allylic oxidation sites excluding steroid dienone is 3. The standard InChI is InChI=1S/C16H19N5OS2/c1-3-8-21-14(19-20-16(21)23)13-10(2)17-15(24-13)18-12(22)9-11-6-4-5-7-11/h3-4,6,11H,1,5,7-9H2,2H3,(H,20,23)(H,17,18,22). The molecule has 2 heterocycles. The minimum absolute atomic E-state index is 0.00296. The van der Waals surface area contributed by atoms with E-state index < -0.39 is 0 Å². The van der Waals surface area contributed by atoms with Gasteiger partial charge in [-0.05, 0) is 37.9 Å². The van der Waals surface area contributed by atoms with Gasteiger partial charge in [-0.3, -0.25) is 14.5 Å². The van der Waals surface area contributed by atoms with Gasteiger partial charge in [0.1, 0.15) is 0 Å². The predicted molar refractivity (Wildman–Crippen MR) is 98.6 cm³/mol. The largest absolute Gasteiger partial charge is 0.302 e. The Hall–Kier alpha value is -2.06. The first-order valence-electron chi connectivity index (χ1n) is 7.79. The molecule has 1 aliphatic carbocycles. The van der Waals surface area contributed by atoms with Crippen LogP contribution in [0.15, 0.2) is 24.8 Å². The van der Waals surface area contributed by atoms with E-state index in [9.17, 15) is 4.79 Å². The molecule has 0 fully saturated rings. The van der Waals surface area contributed by atoms with E-state index in [-0.39, 0.29) is 5.91 Å². The molecule has 0 saturated carbocycles. The lowest BCUT2D eigenvalue weighted by Gasteiger charge is -2.06. The quantitative estimate of drug-likeness (QED) is 0.605. The van der Waals surface area contributed by atoms with E-state index in [0.29, 0.717) is 34.6 Å². The van der Waals surface area contributed by atoms with Crippen molar-refractivity contribution in [3.8, 4) is 10.7 Å². The van der Waals surface area contributed by atoms with Crippen molar-refractivity contribution < 1.29 is 4.79 Å². The maximum absolute atomic E-state index is 12.2. The van der Waals surface area contributed by atoms with Crippen LogP contribution in [0.2, 0.25) is 0 Å². The third-order valence-corrected chi connectivity index (χ3v) is 5.26. The lowest BCUT2D eigenvalue weighted by Crippen LogP contribution is -2.14. The Labute approximate surface area is 149 Å². The summed E-state index contributed by atoms with van der Waals surface area (Å²) in [5.74, 6) is 1.06. The Morgan fingerprint density at radius 3 is 3.21 bits per heavy atom. The van der Waals surface area contributed by atoms with Crippen LogP contribution in [0, 0.1) is 17.6 Å². The van der Waals surface area contributed by atoms with Gasteiger partial charge in [0, 0.05) is 13.0 Å². The Bertz CT molecular complexity index is 845. The Balaban J connectivity index is 1.78. The normalized spacial score (nSPS) is 16.5. The van der Waals surface area contributed by atoms with Gasteiger partial charge in [-0.2, -0.15) is 5.10 Å². The summed E-state index contributed by atoms with van der Waals surface area (Å²) >= 11 is 6.65. The third kappa shape index (κ3) is 3.54.